The molecule has 1 N–H and O–H groups in total. The van der Waals surface area contributed by atoms with Crippen molar-refractivity contribution in [2.45, 2.75) is 72.1 Å². The second kappa shape index (κ2) is 5.69. The van der Waals surface area contributed by atoms with E-state index in [9.17, 15) is 9.90 Å². The average molecular weight is 331 g/mol. The van der Waals surface area contributed by atoms with E-state index in [-0.39, 0.29) is 0 Å². The van der Waals surface area contributed by atoms with Gasteiger partial charge in [0.15, 0.2) is 5.78 Å². The highest BCUT2D eigenvalue weighted by molar-refractivity contribution is 5.91. The fraction of sp³-hybridized carbons (Fsp3) is 0.864. The van der Waals surface area contributed by atoms with E-state index < -0.39 is 0 Å². The van der Waals surface area contributed by atoms with E-state index in [0.29, 0.717) is 35.1 Å². The third-order valence-electron chi connectivity index (χ3n) is 9.01. The van der Waals surface area contributed by atoms with Gasteiger partial charge >= 0.3 is 0 Å². The first-order valence-corrected chi connectivity index (χ1v) is 10.2. The summed E-state index contributed by atoms with van der Waals surface area (Å²) in [5.41, 5.74) is 2.20. The van der Waals surface area contributed by atoms with Crippen LogP contribution in [0.4, 0.5) is 0 Å². The number of rotatable bonds is 2. The molecule has 24 heavy (non-hydrogen) atoms. The van der Waals surface area contributed by atoms with Gasteiger partial charge in [-0.25, -0.2) is 0 Å². The van der Waals surface area contributed by atoms with Gasteiger partial charge in [0, 0.05) is 13.0 Å². The number of ketones is 1. The Hall–Kier alpha value is -0.630. The van der Waals surface area contributed by atoms with Crippen molar-refractivity contribution in [3.05, 3.63) is 11.6 Å². The van der Waals surface area contributed by atoms with Crippen molar-refractivity contribution in [3.63, 3.8) is 0 Å². The van der Waals surface area contributed by atoms with E-state index in [2.05, 4.69) is 20.8 Å². The zero-order valence-electron chi connectivity index (χ0n) is 15.7. The first kappa shape index (κ1) is 16.8. The molecular weight excluding hydrogens is 296 g/mol. The first-order chi connectivity index (χ1) is 11.4. The average Bonchev–Trinajstić information content (AvgIpc) is 2.92. The Morgan fingerprint density at radius 1 is 1.12 bits per heavy atom. The normalized spacial score (nSPS) is 49.0. The lowest BCUT2D eigenvalue weighted by Gasteiger charge is -2.58. The smallest absolute Gasteiger partial charge is 0.155 e. The predicted molar refractivity (Wildman–Crippen MR) is 96.4 cm³/mol. The molecule has 0 radical (unpaired) electrons. The van der Waals surface area contributed by atoms with Gasteiger partial charge in [-0.2, -0.15) is 0 Å². The first-order valence-electron chi connectivity index (χ1n) is 10.2. The number of hydrogen-bond acceptors (Lipinski definition) is 2. The minimum absolute atomic E-state index is 0.291. The monoisotopic (exact) mass is 330 g/mol. The number of hydrogen-bond donors (Lipinski definition) is 1. The van der Waals surface area contributed by atoms with Crippen LogP contribution in [0.25, 0.3) is 0 Å². The highest BCUT2D eigenvalue weighted by atomic mass is 16.3. The molecule has 0 spiro atoms. The molecule has 0 saturated heterocycles. The quantitative estimate of drug-likeness (QED) is 0.792. The highest BCUT2D eigenvalue weighted by Crippen LogP contribution is 2.67. The van der Waals surface area contributed by atoms with Gasteiger partial charge in [0.05, 0.1) is 0 Å². The minimum atomic E-state index is 0.291. The summed E-state index contributed by atoms with van der Waals surface area (Å²) in [5.74, 6) is 3.97. The molecule has 0 heterocycles. The van der Waals surface area contributed by atoms with Gasteiger partial charge in [-0.1, -0.05) is 26.3 Å². The number of aliphatic hydroxyl groups excluding tert-OH is 1. The van der Waals surface area contributed by atoms with Crippen molar-refractivity contribution in [2.75, 3.05) is 6.61 Å². The number of aliphatic hydroxyl groups is 1. The van der Waals surface area contributed by atoms with Crippen LogP contribution in [0.15, 0.2) is 11.6 Å². The fourth-order valence-electron chi connectivity index (χ4n) is 7.66. The van der Waals surface area contributed by atoms with Crippen LogP contribution in [0.5, 0.6) is 0 Å². The molecular formula is C22H34O2. The Bertz CT molecular complexity index is 564. The summed E-state index contributed by atoms with van der Waals surface area (Å²) < 4.78 is 0. The molecule has 0 aliphatic heterocycles. The minimum Gasteiger partial charge on any atom is -0.396 e. The van der Waals surface area contributed by atoms with Crippen LogP contribution in [0.2, 0.25) is 0 Å². The Kier molecular flexibility index (Phi) is 3.99. The summed E-state index contributed by atoms with van der Waals surface area (Å²) in [5, 5.41) is 9.71. The lowest BCUT2D eigenvalue weighted by molar-refractivity contribution is -0.117. The predicted octanol–water partition coefficient (Wildman–Crippen LogP) is 4.76. The molecule has 2 heteroatoms. The van der Waals surface area contributed by atoms with E-state index in [1.165, 1.54) is 37.7 Å². The van der Waals surface area contributed by atoms with Crippen molar-refractivity contribution < 1.29 is 9.90 Å². The molecule has 0 aromatic heterocycles. The van der Waals surface area contributed by atoms with Crippen molar-refractivity contribution >= 4 is 5.78 Å². The fourth-order valence-corrected chi connectivity index (χ4v) is 7.66. The second-order valence-corrected chi connectivity index (χ2v) is 9.86. The molecule has 3 fully saturated rings. The van der Waals surface area contributed by atoms with Crippen molar-refractivity contribution in [3.8, 4) is 0 Å². The number of fused-ring (bicyclic) bond motifs is 5. The van der Waals surface area contributed by atoms with Crippen molar-refractivity contribution in [1.82, 2.24) is 0 Å². The van der Waals surface area contributed by atoms with E-state index in [1.54, 1.807) is 0 Å². The largest absolute Gasteiger partial charge is 0.396 e. The molecule has 2 nitrogen and oxygen atoms in total. The number of allylic oxidation sites excluding steroid dienone is 1. The van der Waals surface area contributed by atoms with Gasteiger partial charge in [-0.3, -0.25) is 4.79 Å². The maximum absolute atomic E-state index is 11.9. The van der Waals surface area contributed by atoms with Gasteiger partial charge < -0.3 is 5.11 Å². The number of carbonyl (C=O) groups is 1. The molecule has 0 amide bonds. The van der Waals surface area contributed by atoms with E-state index in [4.69, 9.17) is 0 Å². The van der Waals surface area contributed by atoms with Crippen LogP contribution < -0.4 is 0 Å². The lowest BCUT2D eigenvalue weighted by atomic mass is 9.46. The molecule has 134 valence electrons. The van der Waals surface area contributed by atoms with Gasteiger partial charge in [0.2, 0.25) is 0 Å². The Morgan fingerprint density at radius 2 is 1.92 bits per heavy atom. The van der Waals surface area contributed by atoms with E-state index in [1.807, 2.05) is 6.08 Å². The van der Waals surface area contributed by atoms with E-state index in [0.717, 1.165) is 37.0 Å². The molecule has 4 aliphatic rings. The van der Waals surface area contributed by atoms with Crippen LogP contribution in [0, 0.1) is 40.4 Å². The van der Waals surface area contributed by atoms with Crippen molar-refractivity contribution in [1.29, 1.82) is 0 Å². The van der Waals surface area contributed by atoms with Crippen LogP contribution in [0.1, 0.15) is 72.1 Å². The van der Waals surface area contributed by atoms with Crippen LogP contribution >= 0.6 is 0 Å². The summed E-state index contributed by atoms with van der Waals surface area (Å²) in [6.45, 7) is 7.59. The lowest BCUT2D eigenvalue weighted by Crippen LogP contribution is -2.51. The van der Waals surface area contributed by atoms with Crippen LogP contribution in [0.3, 0.4) is 0 Å². The standard InChI is InChI=1S/C22H34O2/c1-14(13-23)18-6-7-19-17-5-4-15-12-16(24)8-10-21(15,2)20(17)9-11-22(18,19)3/h12,14,17-20,23H,4-11,13H2,1-3H3/t14?,17-,18+,19-,20-,21-,22+/m0/s1. The molecule has 3 saturated carbocycles. The summed E-state index contributed by atoms with van der Waals surface area (Å²) in [4.78, 5) is 11.9. The van der Waals surface area contributed by atoms with Gasteiger partial charge in [0.25, 0.3) is 0 Å². The zero-order valence-corrected chi connectivity index (χ0v) is 15.7. The molecule has 1 unspecified atom stereocenters. The molecule has 4 aliphatic carbocycles. The van der Waals surface area contributed by atoms with Crippen LogP contribution in [-0.2, 0) is 4.79 Å². The summed E-state index contributed by atoms with van der Waals surface area (Å²) in [7, 11) is 0. The number of carbonyl (C=O) groups excluding carboxylic acids is 1. The Morgan fingerprint density at radius 3 is 2.67 bits per heavy atom. The second-order valence-electron chi connectivity index (χ2n) is 9.86. The Labute approximate surface area is 147 Å². The maximum Gasteiger partial charge on any atom is 0.155 e. The molecule has 0 bridgehead atoms. The van der Waals surface area contributed by atoms with Gasteiger partial charge in [-0.15, -0.1) is 0 Å². The highest BCUT2D eigenvalue weighted by Gasteiger charge is 2.59. The summed E-state index contributed by atoms with van der Waals surface area (Å²) in [6.07, 6.45) is 11.6. The van der Waals surface area contributed by atoms with Crippen LogP contribution in [-0.4, -0.2) is 17.5 Å². The molecule has 7 atom stereocenters. The molecule has 0 aromatic rings. The SMILES string of the molecule is CC(CO)[C@H]1CC[C@H]2[C@@H]3CCC4=CC(=O)CC[C@]4(C)[C@H]3CC[C@]12C. The van der Waals surface area contributed by atoms with Crippen molar-refractivity contribution in [2.24, 2.45) is 40.4 Å². The molecule has 4 rings (SSSR count). The summed E-state index contributed by atoms with van der Waals surface area (Å²) in [6, 6.07) is 0. The zero-order chi connectivity index (χ0) is 17.1. The van der Waals surface area contributed by atoms with E-state index >= 15 is 0 Å². The third kappa shape index (κ3) is 2.21. The Balaban J connectivity index is 1.63. The molecule has 0 aromatic carbocycles. The van der Waals surface area contributed by atoms with Gasteiger partial charge in [-0.05, 0) is 91.4 Å². The third-order valence-corrected chi connectivity index (χ3v) is 9.01. The maximum atomic E-state index is 11.9. The topological polar surface area (TPSA) is 37.3 Å². The van der Waals surface area contributed by atoms with Gasteiger partial charge in [0.1, 0.15) is 0 Å². The summed E-state index contributed by atoms with van der Waals surface area (Å²) >= 11 is 0.